The topological polar surface area (TPSA) is 67.2 Å². The zero-order valence-electron chi connectivity index (χ0n) is 14.9. The molecule has 2 aromatic rings. The van der Waals surface area contributed by atoms with Gasteiger partial charge < -0.3 is 10.2 Å². The zero-order valence-corrected chi connectivity index (χ0v) is 14.9. The molecule has 3 rings (SSSR count). The Balaban J connectivity index is 1.92. The molecule has 1 aliphatic carbocycles. The van der Waals surface area contributed by atoms with Gasteiger partial charge in [0.25, 0.3) is 5.91 Å². The molecule has 1 N–H and O–H groups in total. The summed E-state index contributed by atoms with van der Waals surface area (Å²) >= 11 is 0. The Morgan fingerprint density at radius 1 is 1.30 bits per heavy atom. The van der Waals surface area contributed by atoms with E-state index in [0.29, 0.717) is 5.56 Å². The fourth-order valence-corrected chi connectivity index (χ4v) is 2.76. The molecule has 1 aromatic carbocycles. The molecule has 0 aliphatic heterocycles. The van der Waals surface area contributed by atoms with Crippen molar-refractivity contribution in [3.8, 4) is 5.69 Å². The minimum atomic E-state index is -4.79. The van der Waals surface area contributed by atoms with Crippen LogP contribution in [0.4, 0.5) is 13.2 Å². The number of para-hydroxylation sites is 1. The number of nitrogens with one attached hydrogen (secondary N) is 1. The van der Waals surface area contributed by atoms with E-state index in [1.165, 1.54) is 13.1 Å². The molecule has 1 fully saturated rings. The SMILES string of the molecule is Cc1ccccc1-n1ncc(C(=O)N(C)CC(=O)NC2CC2)c1C(F)(F)F. The maximum Gasteiger partial charge on any atom is 0.434 e. The summed E-state index contributed by atoms with van der Waals surface area (Å²) in [6, 6.07) is 6.56. The first-order valence-electron chi connectivity index (χ1n) is 8.44. The molecule has 144 valence electrons. The fourth-order valence-electron chi connectivity index (χ4n) is 2.76. The molecule has 0 unspecified atom stereocenters. The summed E-state index contributed by atoms with van der Waals surface area (Å²) in [6.45, 7) is 1.34. The molecule has 2 amide bonds. The molecule has 1 heterocycles. The normalized spacial score (nSPS) is 14.1. The third-order valence-electron chi connectivity index (χ3n) is 4.28. The predicted molar refractivity (Wildman–Crippen MR) is 91.4 cm³/mol. The van der Waals surface area contributed by atoms with Gasteiger partial charge in [0.15, 0.2) is 5.69 Å². The van der Waals surface area contributed by atoms with Gasteiger partial charge in [-0.25, -0.2) is 4.68 Å². The van der Waals surface area contributed by atoms with Gasteiger partial charge in [-0.2, -0.15) is 18.3 Å². The van der Waals surface area contributed by atoms with Crippen molar-refractivity contribution >= 4 is 11.8 Å². The van der Waals surface area contributed by atoms with Crippen LogP contribution in [0.1, 0.15) is 34.5 Å². The second kappa shape index (κ2) is 7.05. The first-order chi connectivity index (χ1) is 12.7. The molecular weight excluding hydrogens is 361 g/mol. The predicted octanol–water partition coefficient (Wildman–Crippen LogP) is 2.55. The Morgan fingerprint density at radius 2 is 1.96 bits per heavy atom. The number of aromatic nitrogens is 2. The number of hydrogen-bond acceptors (Lipinski definition) is 3. The second-order valence-corrected chi connectivity index (χ2v) is 6.61. The van der Waals surface area contributed by atoms with Gasteiger partial charge in [0, 0.05) is 13.1 Å². The summed E-state index contributed by atoms with van der Waals surface area (Å²) in [5, 5.41) is 6.50. The van der Waals surface area contributed by atoms with E-state index in [1.807, 2.05) is 0 Å². The Labute approximate surface area is 154 Å². The van der Waals surface area contributed by atoms with Gasteiger partial charge in [-0.3, -0.25) is 9.59 Å². The third-order valence-corrected chi connectivity index (χ3v) is 4.28. The molecule has 0 bridgehead atoms. The van der Waals surface area contributed by atoms with Crippen molar-refractivity contribution < 1.29 is 22.8 Å². The zero-order chi connectivity index (χ0) is 19.8. The average Bonchev–Trinajstić information content (AvgIpc) is 3.27. The van der Waals surface area contributed by atoms with E-state index in [9.17, 15) is 22.8 Å². The van der Waals surface area contributed by atoms with Gasteiger partial charge in [-0.05, 0) is 31.4 Å². The summed E-state index contributed by atoms with van der Waals surface area (Å²) in [6.07, 6.45) is -2.14. The summed E-state index contributed by atoms with van der Waals surface area (Å²) < 4.78 is 41.9. The minimum absolute atomic E-state index is 0.107. The van der Waals surface area contributed by atoms with Gasteiger partial charge in [0.2, 0.25) is 5.91 Å². The van der Waals surface area contributed by atoms with Crippen LogP contribution in [-0.4, -0.2) is 46.1 Å². The van der Waals surface area contributed by atoms with Crippen LogP contribution in [0.3, 0.4) is 0 Å². The molecule has 0 atom stereocenters. The number of likely N-dealkylation sites (N-methyl/N-ethyl adjacent to an activating group) is 1. The average molecular weight is 380 g/mol. The smallest absolute Gasteiger partial charge is 0.352 e. The van der Waals surface area contributed by atoms with Crippen molar-refractivity contribution in [3.05, 3.63) is 47.3 Å². The Kier molecular flexibility index (Phi) is 4.95. The number of rotatable bonds is 5. The van der Waals surface area contributed by atoms with Crippen LogP contribution >= 0.6 is 0 Å². The van der Waals surface area contributed by atoms with E-state index < -0.39 is 29.2 Å². The van der Waals surface area contributed by atoms with Crippen molar-refractivity contribution in [1.29, 1.82) is 0 Å². The van der Waals surface area contributed by atoms with Crippen molar-refractivity contribution in [2.75, 3.05) is 13.6 Å². The first-order valence-corrected chi connectivity index (χ1v) is 8.44. The largest absolute Gasteiger partial charge is 0.434 e. The molecule has 1 aromatic heterocycles. The monoisotopic (exact) mass is 380 g/mol. The molecule has 1 aliphatic rings. The van der Waals surface area contributed by atoms with E-state index in [2.05, 4.69) is 10.4 Å². The highest BCUT2D eigenvalue weighted by molar-refractivity contribution is 5.97. The maximum atomic E-state index is 13.7. The second-order valence-electron chi connectivity index (χ2n) is 6.61. The van der Waals surface area contributed by atoms with Crippen molar-refractivity contribution in [2.24, 2.45) is 0 Å². The lowest BCUT2D eigenvalue weighted by atomic mass is 10.1. The molecule has 9 heteroatoms. The highest BCUT2D eigenvalue weighted by Crippen LogP contribution is 2.34. The summed E-state index contributed by atoms with van der Waals surface area (Å²) in [4.78, 5) is 25.4. The van der Waals surface area contributed by atoms with Crippen LogP contribution in [0, 0.1) is 6.92 Å². The Bertz CT molecular complexity index is 872. The lowest BCUT2D eigenvalue weighted by molar-refractivity contribution is -0.143. The highest BCUT2D eigenvalue weighted by Gasteiger charge is 2.41. The van der Waals surface area contributed by atoms with E-state index in [-0.39, 0.29) is 18.3 Å². The number of nitrogens with zero attached hydrogens (tertiary/aromatic N) is 3. The number of benzene rings is 1. The van der Waals surface area contributed by atoms with Crippen molar-refractivity contribution in [1.82, 2.24) is 20.0 Å². The number of hydrogen-bond donors (Lipinski definition) is 1. The van der Waals surface area contributed by atoms with Crippen LogP contribution in [0.25, 0.3) is 5.69 Å². The van der Waals surface area contributed by atoms with E-state index in [4.69, 9.17) is 0 Å². The van der Waals surface area contributed by atoms with Gasteiger partial charge >= 0.3 is 6.18 Å². The van der Waals surface area contributed by atoms with E-state index in [1.54, 1.807) is 25.1 Å². The van der Waals surface area contributed by atoms with Gasteiger partial charge in [0.05, 0.1) is 24.0 Å². The van der Waals surface area contributed by atoms with Crippen LogP contribution < -0.4 is 5.32 Å². The van der Waals surface area contributed by atoms with Crippen LogP contribution in [0.2, 0.25) is 0 Å². The molecule has 1 saturated carbocycles. The summed E-state index contributed by atoms with van der Waals surface area (Å²) in [7, 11) is 1.29. The highest BCUT2D eigenvalue weighted by atomic mass is 19.4. The number of amides is 2. The number of carbonyl (C=O) groups excluding carboxylic acids is 2. The van der Waals surface area contributed by atoms with Crippen molar-refractivity contribution in [3.63, 3.8) is 0 Å². The molecule has 0 saturated heterocycles. The lowest BCUT2D eigenvalue weighted by Gasteiger charge is -2.18. The van der Waals surface area contributed by atoms with Gasteiger partial charge in [-0.1, -0.05) is 18.2 Å². The van der Waals surface area contributed by atoms with Crippen LogP contribution in [0.5, 0.6) is 0 Å². The van der Waals surface area contributed by atoms with Crippen LogP contribution in [-0.2, 0) is 11.0 Å². The molecule has 6 nitrogen and oxygen atoms in total. The number of aryl methyl sites for hydroxylation is 1. The Hall–Kier alpha value is -2.84. The quantitative estimate of drug-likeness (QED) is 0.867. The Morgan fingerprint density at radius 3 is 2.56 bits per heavy atom. The first kappa shape index (κ1) is 18.9. The summed E-state index contributed by atoms with van der Waals surface area (Å²) in [5.74, 6) is -1.30. The molecule has 27 heavy (non-hydrogen) atoms. The van der Waals surface area contributed by atoms with Gasteiger partial charge in [-0.15, -0.1) is 0 Å². The lowest BCUT2D eigenvalue weighted by Crippen LogP contribution is -2.39. The van der Waals surface area contributed by atoms with E-state index in [0.717, 1.165) is 28.6 Å². The molecule has 0 radical (unpaired) electrons. The van der Waals surface area contributed by atoms with Crippen LogP contribution in [0.15, 0.2) is 30.5 Å². The molecule has 0 spiro atoms. The van der Waals surface area contributed by atoms with Gasteiger partial charge in [0.1, 0.15) is 0 Å². The number of alkyl halides is 3. The maximum absolute atomic E-state index is 13.7. The van der Waals surface area contributed by atoms with Crippen molar-refractivity contribution in [2.45, 2.75) is 32.0 Å². The number of halogens is 3. The summed E-state index contributed by atoms with van der Waals surface area (Å²) in [5.41, 5.74) is -0.927. The fraction of sp³-hybridized carbons (Fsp3) is 0.389. The standard InChI is InChI=1S/C18H19F3N4O2/c1-11-5-3-4-6-14(11)25-16(18(19,20)21)13(9-22-25)17(27)24(2)10-15(26)23-12-7-8-12/h3-6,9,12H,7-8,10H2,1-2H3,(H,23,26). The minimum Gasteiger partial charge on any atom is -0.352 e. The molecular formula is C18H19F3N4O2. The third kappa shape index (κ3) is 4.12. The number of carbonyl (C=O) groups is 2. The van der Waals surface area contributed by atoms with E-state index >= 15 is 0 Å².